The first-order valence-electron chi connectivity index (χ1n) is 13.3. The highest BCUT2D eigenvalue weighted by Crippen LogP contribution is 2.26. The summed E-state index contributed by atoms with van der Waals surface area (Å²) in [6, 6.07) is 6.94. The van der Waals surface area contributed by atoms with E-state index in [2.05, 4.69) is 25.8 Å². The van der Waals surface area contributed by atoms with Crippen LogP contribution in [-0.2, 0) is 9.53 Å². The minimum Gasteiger partial charge on any atom is -0.378 e. The van der Waals surface area contributed by atoms with E-state index in [4.69, 9.17) is 10.5 Å². The number of hydrogen-bond donors (Lipinski definition) is 3. The summed E-state index contributed by atoms with van der Waals surface area (Å²) in [6.45, 7) is 3.48. The van der Waals surface area contributed by atoms with Crippen LogP contribution in [0, 0.1) is 5.92 Å². The van der Waals surface area contributed by atoms with Gasteiger partial charge < -0.3 is 30.9 Å². The molecule has 2 saturated heterocycles. The molecule has 3 heterocycles. The van der Waals surface area contributed by atoms with Gasteiger partial charge >= 0.3 is 0 Å². The van der Waals surface area contributed by atoms with E-state index >= 15 is 0 Å². The molecule has 12 nitrogen and oxygen atoms in total. The van der Waals surface area contributed by atoms with Crippen LogP contribution >= 0.6 is 0 Å². The third-order valence-electron chi connectivity index (χ3n) is 7.38. The van der Waals surface area contributed by atoms with Crippen LogP contribution in [-0.4, -0.2) is 83.2 Å². The van der Waals surface area contributed by atoms with Gasteiger partial charge in [0.25, 0.3) is 11.8 Å². The molecular formula is C26H34N8O4. The quantitative estimate of drug-likeness (QED) is 0.490. The van der Waals surface area contributed by atoms with Crippen LogP contribution in [0.2, 0.25) is 0 Å². The lowest BCUT2D eigenvalue weighted by atomic mass is 10.0. The van der Waals surface area contributed by atoms with Crippen LogP contribution in [0.4, 0.5) is 17.5 Å². The zero-order valence-corrected chi connectivity index (χ0v) is 21.4. The molecule has 1 saturated carbocycles. The van der Waals surface area contributed by atoms with Crippen LogP contribution in [0.3, 0.4) is 0 Å². The SMILES string of the molecule is NC(=O)c1nnc(N2CCCC(NC(=O)C3CCCC3)C2)nc1Nc1ccc(C(=O)N2CCOCC2)cc1. The summed E-state index contributed by atoms with van der Waals surface area (Å²) >= 11 is 0. The molecule has 202 valence electrons. The number of hydrogen-bond acceptors (Lipinski definition) is 9. The highest BCUT2D eigenvalue weighted by molar-refractivity contribution is 5.97. The number of primary amides is 1. The van der Waals surface area contributed by atoms with Gasteiger partial charge in [0.05, 0.1) is 13.2 Å². The van der Waals surface area contributed by atoms with Crippen molar-refractivity contribution in [1.29, 1.82) is 0 Å². The lowest BCUT2D eigenvalue weighted by molar-refractivity contribution is -0.125. The molecule has 1 unspecified atom stereocenters. The monoisotopic (exact) mass is 522 g/mol. The Morgan fingerprint density at radius 3 is 2.39 bits per heavy atom. The molecular weight excluding hydrogens is 488 g/mol. The number of nitrogens with two attached hydrogens (primary N) is 1. The molecule has 2 aromatic rings. The molecule has 4 N–H and O–H groups in total. The van der Waals surface area contributed by atoms with E-state index in [9.17, 15) is 14.4 Å². The largest absolute Gasteiger partial charge is 0.378 e. The fourth-order valence-electron chi connectivity index (χ4n) is 5.27. The second-order valence-corrected chi connectivity index (χ2v) is 10.1. The van der Waals surface area contributed by atoms with Gasteiger partial charge in [0.15, 0.2) is 11.5 Å². The Balaban J connectivity index is 1.27. The zero-order valence-electron chi connectivity index (χ0n) is 21.4. The molecule has 5 rings (SSSR count). The molecule has 0 spiro atoms. The van der Waals surface area contributed by atoms with Crippen molar-refractivity contribution in [3.05, 3.63) is 35.5 Å². The van der Waals surface area contributed by atoms with Crippen LogP contribution in [0.25, 0.3) is 0 Å². The normalized spacial score (nSPS) is 20.3. The molecule has 3 amide bonds. The molecule has 12 heteroatoms. The fourth-order valence-corrected chi connectivity index (χ4v) is 5.27. The maximum absolute atomic E-state index is 12.7. The molecule has 1 aromatic carbocycles. The van der Waals surface area contributed by atoms with Crippen molar-refractivity contribution in [2.24, 2.45) is 11.7 Å². The maximum atomic E-state index is 12.7. The predicted molar refractivity (Wildman–Crippen MR) is 140 cm³/mol. The van der Waals surface area contributed by atoms with Gasteiger partial charge in [0.1, 0.15) is 0 Å². The lowest BCUT2D eigenvalue weighted by Gasteiger charge is -2.33. The Kier molecular flexibility index (Phi) is 7.97. The number of nitrogens with zero attached hydrogens (tertiary/aromatic N) is 5. The minimum absolute atomic E-state index is 0.00391. The number of morpholine rings is 1. The van der Waals surface area contributed by atoms with E-state index in [1.54, 1.807) is 29.2 Å². The summed E-state index contributed by atoms with van der Waals surface area (Å²) in [5, 5.41) is 14.5. The summed E-state index contributed by atoms with van der Waals surface area (Å²) in [5.74, 6) is -0.00924. The van der Waals surface area contributed by atoms with Gasteiger partial charge in [0, 0.05) is 49.4 Å². The molecule has 0 bridgehead atoms. The standard InChI is InChI=1S/C26H34N8O4/c27-22(35)21-23(28-19-9-7-18(8-10-19)25(37)33-12-14-38-15-13-33)30-26(32-31-21)34-11-3-6-20(16-34)29-24(36)17-4-1-2-5-17/h7-10,17,20H,1-6,11-16H2,(H2,27,35)(H,29,36)(H,28,30,32). The Hall–Kier alpha value is -3.80. The number of ether oxygens (including phenoxy) is 1. The maximum Gasteiger partial charge on any atom is 0.273 e. The summed E-state index contributed by atoms with van der Waals surface area (Å²) in [5.41, 5.74) is 6.64. The second-order valence-electron chi connectivity index (χ2n) is 10.1. The van der Waals surface area contributed by atoms with Gasteiger partial charge in [-0.1, -0.05) is 12.8 Å². The Bertz CT molecular complexity index is 1160. The van der Waals surface area contributed by atoms with Crippen molar-refractivity contribution >= 4 is 35.2 Å². The smallest absolute Gasteiger partial charge is 0.273 e. The average Bonchev–Trinajstić information content (AvgIpc) is 3.49. The third kappa shape index (κ3) is 6.01. The number of benzene rings is 1. The first kappa shape index (κ1) is 25.8. The topological polar surface area (TPSA) is 156 Å². The molecule has 1 atom stereocenters. The molecule has 3 fully saturated rings. The summed E-state index contributed by atoms with van der Waals surface area (Å²) in [4.78, 5) is 45.7. The van der Waals surface area contributed by atoms with E-state index in [-0.39, 0.29) is 35.3 Å². The first-order chi connectivity index (χ1) is 18.5. The van der Waals surface area contributed by atoms with Gasteiger partial charge in [-0.15, -0.1) is 10.2 Å². The average molecular weight is 523 g/mol. The third-order valence-corrected chi connectivity index (χ3v) is 7.38. The predicted octanol–water partition coefficient (Wildman–Crippen LogP) is 1.46. The molecule has 3 aliphatic rings. The lowest BCUT2D eigenvalue weighted by Crippen LogP contribution is -2.49. The fraction of sp³-hybridized carbons (Fsp3) is 0.538. The van der Waals surface area contributed by atoms with Crippen molar-refractivity contribution in [2.75, 3.05) is 49.6 Å². The van der Waals surface area contributed by atoms with Crippen LogP contribution in [0.15, 0.2) is 24.3 Å². The van der Waals surface area contributed by atoms with E-state index in [1.807, 2.05) is 4.90 Å². The van der Waals surface area contributed by atoms with Gasteiger partial charge in [-0.2, -0.15) is 4.98 Å². The number of nitrogens with one attached hydrogen (secondary N) is 2. The van der Waals surface area contributed by atoms with Gasteiger partial charge in [-0.25, -0.2) is 0 Å². The Morgan fingerprint density at radius 2 is 1.68 bits per heavy atom. The zero-order chi connectivity index (χ0) is 26.5. The van der Waals surface area contributed by atoms with Crippen molar-refractivity contribution in [3.8, 4) is 0 Å². The highest BCUT2D eigenvalue weighted by atomic mass is 16.5. The number of carbonyl (C=O) groups is 3. The van der Waals surface area contributed by atoms with E-state index < -0.39 is 5.91 Å². The van der Waals surface area contributed by atoms with E-state index in [1.165, 1.54) is 0 Å². The molecule has 1 aliphatic carbocycles. The molecule has 2 aliphatic heterocycles. The highest BCUT2D eigenvalue weighted by Gasteiger charge is 2.29. The Morgan fingerprint density at radius 1 is 0.947 bits per heavy atom. The van der Waals surface area contributed by atoms with Crippen LogP contribution < -0.4 is 21.3 Å². The summed E-state index contributed by atoms with van der Waals surface area (Å²) in [7, 11) is 0. The van der Waals surface area contributed by atoms with Crippen LogP contribution in [0.1, 0.15) is 59.4 Å². The number of carbonyl (C=O) groups excluding carboxylic acids is 3. The van der Waals surface area contributed by atoms with Crippen molar-refractivity contribution in [1.82, 2.24) is 25.4 Å². The van der Waals surface area contributed by atoms with Crippen molar-refractivity contribution < 1.29 is 19.1 Å². The van der Waals surface area contributed by atoms with Gasteiger partial charge in [-0.05, 0) is 49.9 Å². The molecule has 0 radical (unpaired) electrons. The Labute approximate surface area is 221 Å². The number of amides is 3. The van der Waals surface area contributed by atoms with Crippen LogP contribution in [0.5, 0.6) is 0 Å². The summed E-state index contributed by atoms with van der Waals surface area (Å²) < 4.78 is 5.32. The number of piperidine rings is 1. The second kappa shape index (κ2) is 11.7. The van der Waals surface area contributed by atoms with E-state index in [0.29, 0.717) is 56.6 Å². The number of rotatable bonds is 7. The van der Waals surface area contributed by atoms with Crippen molar-refractivity contribution in [2.45, 2.75) is 44.6 Å². The van der Waals surface area contributed by atoms with Gasteiger partial charge in [0.2, 0.25) is 11.9 Å². The molecule has 38 heavy (non-hydrogen) atoms. The van der Waals surface area contributed by atoms with Gasteiger partial charge in [-0.3, -0.25) is 14.4 Å². The van der Waals surface area contributed by atoms with Crippen molar-refractivity contribution in [3.63, 3.8) is 0 Å². The number of anilines is 3. The van der Waals surface area contributed by atoms with E-state index in [0.717, 1.165) is 38.5 Å². The minimum atomic E-state index is -0.751. The first-order valence-corrected chi connectivity index (χ1v) is 13.3. The number of aromatic nitrogens is 3. The summed E-state index contributed by atoms with van der Waals surface area (Å²) in [6.07, 6.45) is 5.91. The molecule has 1 aromatic heterocycles.